The van der Waals surface area contributed by atoms with Gasteiger partial charge in [0.25, 0.3) is 0 Å². The highest BCUT2D eigenvalue weighted by Gasteiger charge is 2.05. The zero-order chi connectivity index (χ0) is 15.7. The molecule has 0 aromatic heterocycles. The van der Waals surface area contributed by atoms with Crippen molar-refractivity contribution in [3.8, 4) is 5.75 Å². The van der Waals surface area contributed by atoms with E-state index in [1.54, 1.807) is 25.3 Å². The lowest BCUT2D eigenvalue weighted by molar-refractivity contribution is -0.138. The molecule has 0 unspecified atom stereocenters. The molecule has 0 spiro atoms. The Bertz CT molecular complexity index is 490. The molecule has 21 heavy (non-hydrogen) atoms. The first-order chi connectivity index (χ1) is 10.0. The molecule has 0 bridgehead atoms. The molecule has 1 rings (SSSR count). The maximum atomic E-state index is 11.0. The fraction of sp³-hybridized carbons (Fsp3) is 0.429. The molecule has 7 nitrogen and oxygen atoms in total. The quantitative estimate of drug-likeness (QED) is 0.598. The van der Waals surface area contributed by atoms with Crippen LogP contribution < -0.4 is 15.4 Å². The van der Waals surface area contributed by atoms with Gasteiger partial charge in [-0.15, -0.1) is 0 Å². The number of anilines is 2. The van der Waals surface area contributed by atoms with E-state index >= 15 is 0 Å². The molecule has 0 saturated carbocycles. The molecule has 0 aliphatic rings. The summed E-state index contributed by atoms with van der Waals surface area (Å²) in [6.45, 7) is 2.49. The van der Waals surface area contributed by atoms with Crippen molar-refractivity contribution >= 4 is 23.3 Å². The van der Waals surface area contributed by atoms with E-state index in [0.717, 1.165) is 5.69 Å². The van der Waals surface area contributed by atoms with Crippen LogP contribution >= 0.6 is 0 Å². The van der Waals surface area contributed by atoms with Crippen LogP contribution in [0.4, 0.5) is 11.4 Å². The number of carboxylic acids is 1. The lowest BCUT2D eigenvalue weighted by Gasteiger charge is -2.13. The first-order valence-electron chi connectivity index (χ1n) is 6.52. The Hall–Kier alpha value is -2.28. The molecule has 0 heterocycles. The van der Waals surface area contributed by atoms with Crippen molar-refractivity contribution < 1.29 is 24.2 Å². The van der Waals surface area contributed by atoms with Gasteiger partial charge in [0.05, 0.1) is 32.4 Å². The summed E-state index contributed by atoms with van der Waals surface area (Å²) in [5.41, 5.74) is 1.39. The third-order valence-corrected chi connectivity index (χ3v) is 2.54. The largest absolute Gasteiger partial charge is 0.495 e. The summed E-state index contributed by atoms with van der Waals surface area (Å²) in [6.07, 6.45) is -0.0126. The second-order valence-corrected chi connectivity index (χ2v) is 4.28. The zero-order valence-corrected chi connectivity index (χ0v) is 12.1. The number of carboxylic acid groups (broad SMARTS) is 1. The lowest BCUT2D eigenvalue weighted by atomic mass is 10.2. The summed E-state index contributed by atoms with van der Waals surface area (Å²) >= 11 is 0. The van der Waals surface area contributed by atoms with Crippen molar-refractivity contribution in [1.82, 2.24) is 0 Å². The van der Waals surface area contributed by atoms with Crippen LogP contribution in [0, 0.1) is 0 Å². The number of aliphatic carboxylic acids is 1. The minimum atomic E-state index is -0.882. The number of amides is 1. The molecule has 0 radical (unpaired) electrons. The van der Waals surface area contributed by atoms with E-state index in [2.05, 4.69) is 10.6 Å². The van der Waals surface area contributed by atoms with Gasteiger partial charge in [-0.3, -0.25) is 9.59 Å². The van der Waals surface area contributed by atoms with Gasteiger partial charge in [-0.2, -0.15) is 0 Å². The summed E-state index contributed by atoms with van der Waals surface area (Å²) < 4.78 is 10.4. The molecular formula is C14H20N2O5. The van der Waals surface area contributed by atoms with Crippen LogP contribution in [0.25, 0.3) is 0 Å². The first kappa shape index (κ1) is 16.8. The Labute approximate surface area is 123 Å². The van der Waals surface area contributed by atoms with E-state index in [9.17, 15) is 9.59 Å². The SMILES string of the molecule is COc1ccc(NC(C)=O)cc1NCCOCCC(=O)O. The number of benzene rings is 1. The van der Waals surface area contributed by atoms with Gasteiger partial charge in [-0.1, -0.05) is 0 Å². The van der Waals surface area contributed by atoms with Gasteiger partial charge in [0.1, 0.15) is 5.75 Å². The van der Waals surface area contributed by atoms with E-state index in [1.165, 1.54) is 6.92 Å². The van der Waals surface area contributed by atoms with Crippen molar-refractivity contribution in [3.05, 3.63) is 18.2 Å². The Balaban J connectivity index is 2.48. The Kier molecular flexibility index (Phi) is 7.03. The van der Waals surface area contributed by atoms with E-state index in [4.69, 9.17) is 14.6 Å². The van der Waals surface area contributed by atoms with Crippen LogP contribution in [0.5, 0.6) is 5.75 Å². The predicted molar refractivity (Wildman–Crippen MR) is 78.9 cm³/mol. The van der Waals surface area contributed by atoms with Gasteiger partial charge in [-0.25, -0.2) is 0 Å². The summed E-state index contributed by atoms with van der Waals surface area (Å²) in [4.78, 5) is 21.4. The number of ether oxygens (including phenoxy) is 2. The minimum Gasteiger partial charge on any atom is -0.495 e. The van der Waals surface area contributed by atoms with Crippen molar-refractivity contribution in [2.45, 2.75) is 13.3 Å². The van der Waals surface area contributed by atoms with E-state index < -0.39 is 5.97 Å². The second kappa shape index (κ2) is 8.80. The van der Waals surface area contributed by atoms with Gasteiger partial charge >= 0.3 is 5.97 Å². The van der Waals surface area contributed by atoms with Crippen LogP contribution in [-0.2, 0) is 14.3 Å². The maximum Gasteiger partial charge on any atom is 0.305 e. The maximum absolute atomic E-state index is 11.0. The van der Waals surface area contributed by atoms with Gasteiger partial charge in [-0.05, 0) is 18.2 Å². The predicted octanol–water partition coefficient (Wildman–Crippen LogP) is 1.56. The van der Waals surface area contributed by atoms with Crippen LogP contribution in [0.3, 0.4) is 0 Å². The summed E-state index contributed by atoms with van der Waals surface area (Å²) in [5, 5.41) is 14.3. The number of methoxy groups -OCH3 is 1. The molecule has 1 aromatic carbocycles. The number of hydrogen-bond donors (Lipinski definition) is 3. The highest BCUT2D eigenvalue weighted by Crippen LogP contribution is 2.27. The van der Waals surface area contributed by atoms with Gasteiger partial charge in [0.15, 0.2) is 0 Å². The third kappa shape index (κ3) is 6.62. The fourth-order valence-corrected chi connectivity index (χ4v) is 1.65. The number of hydrogen-bond acceptors (Lipinski definition) is 5. The second-order valence-electron chi connectivity index (χ2n) is 4.28. The topological polar surface area (TPSA) is 96.9 Å². The van der Waals surface area contributed by atoms with Crippen LogP contribution in [0.15, 0.2) is 18.2 Å². The van der Waals surface area contributed by atoms with Gasteiger partial charge in [0, 0.05) is 19.2 Å². The molecule has 1 aromatic rings. The molecule has 0 aliphatic heterocycles. The van der Waals surface area contributed by atoms with Crippen LogP contribution in [0.1, 0.15) is 13.3 Å². The summed E-state index contributed by atoms with van der Waals surface area (Å²) in [5.74, 6) is -0.384. The van der Waals surface area contributed by atoms with Gasteiger partial charge in [0.2, 0.25) is 5.91 Å². The molecule has 7 heteroatoms. The zero-order valence-electron chi connectivity index (χ0n) is 12.1. The first-order valence-corrected chi connectivity index (χ1v) is 6.52. The molecular weight excluding hydrogens is 276 g/mol. The molecule has 0 atom stereocenters. The molecule has 116 valence electrons. The van der Waals surface area contributed by atoms with E-state index in [1.807, 2.05) is 0 Å². The molecule has 1 amide bonds. The van der Waals surface area contributed by atoms with Crippen molar-refractivity contribution in [3.63, 3.8) is 0 Å². The number of carbonyl (C=O) groups excluding carboxylic acids is 1. The van der Waals surface area contributed by atoms with E-state index in [-0.39, 0.29) is 18.9 Å². The Morgan fingerprint density at radius 3 is 2.67 bits per heavy atom. The molecule has 0 fully saturated rings. The highest BCUT2D eigenvalue weighted by molar-refractivity contribution is 5.89. The number of rotatable bonds is 9. The number of carbonyl (C=O) groups is 2. The smallest absolute Gasteiger partial charge is 0.305 e. The minimum absolute atomic E-state index is 0.0126. The number of nitrogens with one attached hydrogen (secondary N) is 2. The average Bonchev–Trinajstić information content (AvgIpc) is 2.42. The van der Waals surface area contributed by atoms with Crippen LogP contribution in [0.2, 0.25) is 0 Å². The average molecular weight is 296 g/mol. The van der Waals surface area contributed by atoms with E-state index in [0.29, 0.717) is 24.6 Å². The monoisotopic (exact) mass is 296 g/mol. The molecule has 0 aliphatic carbocycles. The van der Waals surface area contributed by atoms with Crippen LogP contribution in [-0.4, -0.2) is 43.9 Å². The molecule has 3 N–H and O–H groups in total. The standard InChI is InChI=1S/C14H20N2O5/c1-10(17)16-11-3-4-13(20-2)12(9-11)15-6-8-21-7-5-14(18)19/h3-4,9,15H,5-8H2,1-2H3,(H,16,17)(H,18,19). The summed E-state index contributed by atoms with van der Waals surface area (Å²) in [6, 6.07) is 5.26. The Morgan fingerprint density at radius 1 is 1.29 bits per heavy atom. The fourth-order valence-electron chi connectivity index (χ4n) is 1.65. The van der Waals surface area contributed by atoms with Gasteiger partial charge < -0.3 is 25.2 Å². The Morgan fingerprint density at radius 2 is 2.05 bits per heavy atom. The van der Waals surface area contributed by atoms with Crippen molar-refractivity contribution in [2.24, 2.45) is 0 Å². The summed E-state index contributed by atoms with van der Waals surface area (Å²) in [7, 11) is 1.56. The normalized spacial score (nSPS) is 10.0. The van der Waals surface area contributed by atoms with Crippen molar-refractivity contribution in [1.29, 1.82) is 0 Å². The lowest BCUT2D eigenvalue weighted by Crippen LogP contribution is -2.13. The molecule has 0 saturated heterocycles. The third-order valence-electron chi connectivity index (χ3n) is 2.54. The highest BCUT2D eigenvalue weighted by atomic mass is 16.5. The van der Waals surface area contributed by atoms with Crippen molar-refractivity contribution in [2.75, 3.05) is 37.5 Å².